The normalized spacial score (nSPS) is 10.3. The zero-order chi connectivity index (χ0) is 22.9. The summed E-state index contributed by atoms with van der Waals surface area (Å²) in [6.45, 7) is 0.168. The molecule has 3 rings (SSSR count). The topological polar surface area (TPSA) is 112 Å². The summed E-state index contributed by atoms with van der Waals surface area (Å²) in [6, 6.07) is 12.6. The molecule has 32 heavy (non-hydrogen) atoms. The van der Waals surface area contributed by atoms with Gasteiger partial charge in [-0.15, -0.1) is 10.2 Å². The van der Waals surface area contributed by atoms with Crippen LogP contribution in [0.15, 0.2) is 42.5 Å². The minimum absolute atomic E-state index is 0.0975. The van der Waals surface area contributed by atoms with Crippen molar-refractivity contribution in [3.05, 3.63) is 58.6 Å². The van der Waals surface area contributed by atoms with Crippen LogP contribution in [0.4, 0.5) is 5.13 Å². The number of carbonyl (C=O) groups is 2. The number of nitrogens with one attached hydrogen (secondary N) is 2. The van der Waals surface area contributed by atoms with E-state index in [1.165, 1.54) is 25.6 Å². The number of ether oxygens (including phenoxy) is 3. The number of hydrogen-bond donors (Lipinski definition) is 2. The first-order valence-corrected chi connectivity index (χ1v) is 10.6. The van der Waals surface area contributed by atoms with Gasteiger partial charge in [-0.2, -0.15) is 0 Å². The van der Waals surface area contributed by atoms with Gasteiger partial charge >= 0.3 is 0 Å². The Labute approximate surface area is 189 Å². The van der Waals surface area contributed by atoms with Gasteiger partial charge < -0.3 is 24.8 Å². The van der Waals surface area contributed by atoms with Gasteiger partial charge in [0.15, 0.2) is 0 Å². The quantitative estimate of drug-likeness (QED) is 0.482. The van der Waals surface area contributed by atoms with E-state index in [9.17, 15) is 9.59 Å². The number of amides is 2. The van der Waals surface area contributed by atoms with Crippen LogP contribution >= 0.6 is 11.3 Å². The first kappa shape index (κ1) is 23.0. The van der Waals surface area contributed by atoms with E-state index in [-0.39, 0.29) is 24.8 Å². The molecule has 0 aliphatic heterocycles. The Morgan fingerprint density at radius 3 is 2.19 bits per heavy atom. The highest BCUT2D eigenvalue weighted by molar-refractivity contribution is 7.15. The highest BCUT2D eigenvalue weighted by Crippen LogP contribution is 2.23. The second kappa shape index (κ2) is 11.1. The van der Waals surface area contributed by atoms with Crippen molar-refractivity contribution in [1.29, 1.82) is 0 Å². The molecule has 0 aliphatic rings. The Kier molecular flexibility index (Phi) is 7.98. The number of anilines is 1. The van der Waals surface area contributed by atoms with Crippen molar-refractivity contribution in [3.8, 4) is 17.2 Å². The standard InChI is InChI=1S/C22H24N4O5S/c1-29-16-6-4-14(5-7-16)10-20-25-26-22(32-20)24-19(27)8-9-23-21(28)15-11-17(30-2)13-18(12-15)31-3/h4-7,11-13H,8-10H2,1-3H3,(H,23,28)(H,24,26,27). The molecule has 2 aromatic carbocycles. The molecule has 2 N–H and O–H groups in total. The summed E-state index contributed by atoms with van der Waals surface area (Å²) in [7, 11) is 4.64. The van der Waals surface area contributed by atoms with Gasteiger partial charge in [-0.3, -0.25) is 9.59 Å². The summed E-state index contributed by atoms with van der Waals surface area (Å²) in [5, 5.41) is 14.8. The van der Waals surface area contributed by atoms with Crippen molar-refractivity contribution < 1.29 is 23.8 Å². The lowest BCUT2D eigenvalue weighted by Gasteiger charge is -2.09. The average Bonchev–Trinajstić information content (AvgIpc) is 3.25. The summed E-state index contributed by atoms with van der Waals surface area (Å²) in [5.74, 6) is 1.22. The van der Waals surface area contributed by atoms with Crippen LogP contribution in [0.5, 0.6) is 17.2 Å². The van der Waals surface area contributed by atoms with Gasteiger partial charge in [0.2, 0.25) is 11.0 Å². The zero-order valence-corrected chi connectivity index (χ0v) is 18.8. The first-order valence-electron chi connectivity index (χ1n) is 9.77. The van der Waals surface area contributed by atoms with Crippen LogP contribution in [0.25, 0.3) is 0 Å². The fourth-order valence-electron chi connectivity index (χ4n) is 2.81. The lowest BCUT2D eigenvalue weighted by Crippen LogP contribution is -2.27. The van der Waals surface area contributed by atoms with Crippen LogP contribution < -0.4 is 24.8 Å². The number of hydrogen-bond acceptors (Lipinski definition) is 8. The molecule has 2 amide bonds. The molecule has 9 nitrogen and oxygen atoms in total. The van der Waals surface area contributed by atoms with E-state index >= 15 is 0 Å². The monoisotopic (exact) mass is 456 g/mol. The summed E-state index contributed by atoms with van der Waals surface area (Å²) >= 11 is 1.31. The number of carbonyl (C=O) groups excluding carboxylic acids is 2. The van der Waals surface area contributed by atoms with Crippen molar-refractivity contribution in [2.75, 3.05) is 33.2 Å². The molecule has 0 radical (unpaired) electrons. The third-order valence-electron chi connectivity index (χ3n) is 4.48. The molecule has 0 atom stereocenters. The Hall–Kier alpha value is -3.66. The molecule has 0 bridgehead atoms. The van der Waals surface area contributed by atoms with Crippen LogP contribution in [0.3, 0.4) is 0 Å². The van der Waals surface area contributed by atoms with Crippen LogP contribution in [-0.2, 0) is 11.2 Å². The van der Waals surface area contributed by atoms with Crippen molar-refractivity contribution in [2.45, 2.75) is 12.8 Å². The van der Waals surface area contributed by atoms with Gasteiger partial charge in [0.25, 0.3) is 5.91 Å². The van der Waals surface area contributed by atoms with Crippen molar-refractivity contribution in [3.63, 3.8) is 0 Å². The van der Waals surface area contributed by atoms with Gasteiger partial charge in [-0.05, 0) is 29.8 Å². The number of methoxy groups -OCH3 is 3. The third-order valence-corrected chi connectivity index (χ3v) is 5.32. The highest BCUT2D eigenvalue weighted by Gasteiger charge is 2.12. The SMILES string of the molecule is COc1ccc(Cc2nnc(NC(=O)CCNC(=O)c3cc(OC)cc(OC)c3)s2)cc1. The van der Waals surface area contributed by atoms with Gasteiger partial charge in [0, 0.05) is 31.0 Å². The molecular weight excluding hydrogens is 432 g/mol. The molecule has 168 valence electrons. The van der Waals surface area contributed by atoms with Crippen LogP contribution in [0, 0.1) is 0 Å². The molecule has 10 heteroatoms. The molecule has 0 saturated heterocycles. The summed E-state index contributed by atoms with van der Waals surface area (Å²) < 4.78 is 15.5. The summed E-state index contributed by atoms with van der Waals surface area (Å²) in [4.78, 5) is 24.5. The number of rotatable bonds is 10. The second-order valence-electron chi connectivity index (χ2n) is 6.68. The zero-order valence-electron chi connectivity index (χ0n) is 18.0. The minimum Gasteiger partial charge on any atom is -0.497 e. The van der Waals surface area contributed by atoms with Crippen molar-refractivity contribution in [2.24, 2.45) is 0 Å². The average molecular weight is 457 g/mol. The molecule has 0 aliphatic carbocycles. The van der Waals surface area contributed by atoms with E-state index in [1.807, 2.05) is 24.3 Å². The van der Waals surface area contributed by atoms with Crippen LogP contribution in [-0.4, -0.2) is 49.9 Å². The predicted molar refractivity (Wildman–Crippen MR) is 121 cm³/mol. The van der Waals surface area contributed by atoms with E-state index in [4.69, 9.17) is 14.2 Å². The van der Waals surface area contributed by atoms with Crippen molar-refractivity contribution in [1.82, 2.24) is 15.5 Å². The summed E-state index contributed by atoms with van der Waals surface area (Å²) in [6.07, 6.45) is 0.706. The number of nitrogens with zero attached hydrogens (tertiary/aromatic N) is 2. The molecule has 1 aromatic heterocycles. The molecule has 0 spiro atoms. The Bertz CT molecular complexity index is 1050. The van der Waals surface area contributed by atoms with Crippen LogP contribution in [0.1, 0.15) is 27.3 Å². The maximum absolute atomic E-state index is 12.4. The van der Waals surface area contributed by atoms with E-state index in [2.05, 4.69) is 20.8 Å². The molecular formula is C22H24N4O5S. The Morgan fingerprint density at radius 1 is 0.906 bits per heavy atom. The van der Waals surface area contributed by atoms with E-state index < -0.39 is 0 Å². The van der Waals surface area contributed by atoms with Gasteiger partial charge in [0.1, 0.15) is 22.3 Å². The van der Waals surface area contributed by atoms with E-state index in [0.717, 1.165) is 16.3 Å². The maximum atomic E-state index is 12.4. The second-order valence-corrected chi connectivity index (χ2v) is 7.74. The largest absolute Gasteiger partial charge is 0.497 e. The smallest absolute Gasteiger partial charge is 0.251 e. The first-order chi connectivity index (χ1) is 15.5. The molecule has 0 saturated carbocycles. The lowest BCUT2D eigenvalue weighted by molar-refractivity contribution is -0.116. The number of aromatic nitrogens is 2. The van der Waals surface area contributed by atoms with Crippen molar-refractivity contribution >= 4 is 28.3 Å². The minimum atomic E-state index is -0.326. The fraction of sp³-hybridized carbons (Fsp3) is 0.273. The van der Waals surface area contributed by atoms with E-state index in [0.29, 0.717) is 28.6 Å². The number of benzene rings is 2. The molecule has 3 aromatic rings. The predicted octanol–water partition coefficient (Wildman–Crippen LogP) is 2.91. The fourth-order valence-corrected chi connectivity index (χ4v) is 3.60. The molecule has 1 heterocycles. The lowest BCUT2D eigenvalue weighted by atomic mass is 10.1. The molecule has 0 unspecified atom stereocenters. The van der Waals surface area contributed by atoms with E-state index in [1.54, 1.807) is 25.3 Å². The molecule has 0 fully saturated rings. The summed E-state index contributed by atoms with van der Waals surface area (Å²) in [5.41, 5.74) is 1.45. The highest BCUT2D eigenvalue weighted by atomic mass is 32.1. The Morgan fingerprint density at radius 2 is 1.56 bits per heavy atom. The maximum Gasteiger partial charge on any atom is 0.251 e. The van der Waals surface area contributed by atoms with Gasteiger partial charge in [-0.1, -0.05) is 23.5 Å². The third kappa shape index (κ3) is 6.42. The van der Waals surface area contributed by atoms with Crippen LogP contribution in [0.2, 0.25) is 0 Å². The van der Waals surface area contributed by atoms with Gasteiger partial charge in [-0.25, -0.2) is 0 Å². The Balaban J connectivity index is 1.46. The van der Waals surface area contributed by atoms with Gasteiger partial charge in [0.05, 0.1) is 21.3 Å².